The molecule has 0 saturated carbocycles. The van der Waals surface area contributed by atoms with E-state index in [0.717, 1.165) is 11.1 Å². The summed E-state index contributed by atoms with van der Waals surface area (Å²) in [6.45, 7) is 0. The van der Waals surface area contributed by atoms with Crippen molar-refractivity contribution in [3.8, 4) is 0 Å². The molecule has 2 aromatic carbocycles. The van der Waals surface area contributed by atoms with Crippen molar-refractivity contribution in [1.82, 2.24) is 0 Å². The fraction of sp³-hybridized carbons (Fsp3) is 0.0833. The number of methoxy groups -OCH3 is 2. The van der Waals surface area contributed by atoms with Gasteiger partial charge in [-0.05, 0) is 24.3 Å². The average molecular weight is 689 g/mol. The van der Waals surface area contributed by atoms with Crippen LogP contribution in [0.25, 0.3) is 0 Å². The van der Waals surface area contributed by atoms with Gasteiger partial charge in [-0.1, -0.05) is 24.3 Å². The molecule has 0 heterocycles. The topological polar surface area (TPSA) is 58.9 Å². The third-order valence-electron chi connectivity index (χ3n) is 4.08. The molecule has 2 aliphatic rings. The zero-order chi connectivity index (χ0) is 20.9. The first-order valence-electron chi connectivity index (χ1n) is 9.19. The van der Waals surface area contributed by atoms with Gasteiger partial charge in [-0.25, -0.2) is 0 Å². The Labute approximate surface area is 217 Å². The fourth-order valence-electron chi connectivity index (χ4n) is 2.57. The van der Waals surface area contributed by atoms with Crippen LogP contribution in [0.5, 0.6) is 0 Å². The van der Waals surface area contributed by atoms with Gasteiger partial charge in [0, 0.05) is 34.1 Å². The number of hydrogen-bond donors (Lipinski definition) is 2. The van der Waals surface area contributed by atoms with Crippen LogP contribution in [0, 0.1) is 0 Å². The van der Waals surface area contributed by atoms with Crippen molar-refractivity contribution in [2.75, 3.05) is 14.2 Å². The van der Waals surface area contributed by atoms with Crippen molar-refractivity contribution in [3.05, 3.63) is 120 Å². The SMILES string of the molecule is COC(O)=C1C=CC=C1.COC(O)=C1C=CC=C1.[Fe].[Fe].c1cc[c-]([Hg][c-]2cccc2)c1. The van der Waals surface area contributed by atoms with Crippen molar-refractivity contribution in [1.29, 1.82) is 0 Å². The Bertz CT molecular complexity index is 815. The van der Waals surface area contributed by atoms with Gasteiger partial charge in [0.1, 0.15) is 0 Å². The number of aliphatic hydroxyl groups excluding tert-OH is 2. The summed E-state index contributed by atoms with van der Waals surface area (Å²) in [5, 5.41) is 17.8. The normalized spacial score (nSPS) is 11.8. The van der Waals surface area contributed by atoms with Crippen LogP contribution in [0.2, 0.25) is 0 Å². The molecule has 7 heteroatoms. The predicted molar refractivity (Wildman–Crippen MR) is 113 cm³/mol. The van der Waals surface area contributed by atoms with Gasteiger partial charge >= 0.3 is 79.2 Å². The van der Waals surface area contributed by atoms with Crippen molar-refractivity contribution < 1.29 is 78.4 Å². The molecule has 0 radical (unpaired) electrons. The Kier molecular flexibility index (Phi) is 16.0. The first-order chi connectivity index (χ1) is 14.1. The van der Waals surface area contributed by atoms with Crippen LogP contribution in [0.4, 0.5) is 0 Å². The molecular weight excluding hydrogens is 665 g/mol. The molecular formula is C24H24Fe2HgO4-2. The van der Waals surface area contributed by atoms with E-state index in [-0.39, 0.29) is 46.0 Å². The minimum atomic E-state index is -0.881. The maximum atomic E-state index is 8.91. The molecule has 2 N–H and O–H groups in total. The van der Waals surface area contributed by atoms with Gasteiger partial charge in [-0.3, -0.25) is 0 Å². The van der Waals surface area contributed by atoms with E-state index in [9.17, 15) is 0 Å². The van der Waals surface area contributed by atoms with E-state index in [1.54, 1.807) is 30.4 Å². The Morgan fingerprint density at radius 2 is 0.935 bits per heavy atom. The predicted octanol–water partition coefficient (Wildman–Crippen LogP) is 4.21. The summed E-state index contributed by atoms with van der Waals surface area (Å²) < 4.78 is 12.4. The molecule has 2 aromatic rings. The molecule has 4 rings (SSSR count). The van der Waals surface area contributed by atoms with Crippen LogP contribution in [-0.4, -0.2) is 24.4 Å². The van der Waals surface area contributed by atoms with Crippen LogP contribution in [0.1, 0.15) is 0 Å². The molecule has 0 amide bonds. The van der Waals surface area contributed by atoms with Gasteiger partial charge in [-0.2, -0.15) is 0 Å². The van der Waals surface area contributed by atoms with Crippen LogP contribution in [-0.2, 0) is 68.2 Å². The molecule has 0 spiro atoms. The van der Waals surface area contributed by atoms with Gasteiger partial charge in [0.25, 0.3) is 11.9 Å². The number of allylic oxidation sites excluding steroid dienone is 10. The van der Waals surface area contributed by atoms with Crippen molar-refractivity contribution in [3.63, 3.8) is 0 Å². The molecule has 164 valence electrons. The summed E-state index contributed by atoms with van der Waals surface area (Å²) in [5.41, 5.74) is 1.44. The standard InChI is InChI=1S/2C7H8O2.2C5H4.2Fe.Hg/c2*1-9-7(8)6-4-2-3-5-6;2*1-2-4-5-3-1;;;/h2*2-5,8H,1H3;2*1-4H;;;/q;;2*-1;;;. The van der Waals surface area contributed by atoms with E-state index in [1.807, 2.05) is 24.3 Å². The van der Waals surface area contributed by atoms with E-state index in [1.165, 1.54) is 14.2 Å². The van der Waals surface area contributed by atoms with E-state index >= 15 is 0 Å². The van der Waals surface area contributed by atoms with E-state index < -0.39 is 24.6 Å². The van der Waals surface area contributed by atoms with Gasteiger partial charge in [0.05, 0.1) is 25.4 Å². The summed E-state index contributed by atoms with van der Waals surface area (Å²) in [6.07, 6.45) is 14.5. The number of rotatable bonds is 4. The van der Waals surface area contributed by atoms with Gasteiger partial charge < -0.3 is 19.7 Å². The molecule has 0 fully saturated rings. The molecule has 4 nitrogen and oxygen atoms in total. The number of hydrogen-bond acceptors (Lipinski definition) is 4. The van der Waals surface area contributed by atoms with E-state index in [4.69, 9.17) is 10.2 Å². The molecule has 0 saturated heterocycles. The number of aliphatic hydroxyl groups is 2. The first kappa shape index (κ1) is 29.3. The van der Waals surface area contributed by atoms with Crippen LogP contribution in [0.3, 0.4) is 0 Å². The summed E-state index contributed by atoms with van der Waals surface area (Å²) in [4.78, 5) is 0. The molecule has 31 heavy (non-hydrogen) atoms. The second-order valence-electron chi connectivity index (χ2n) is 6.13. The van der Waals surface area contributed by atoms with Crippen LogP contribution < -0.4 is 6.14 Å². The Morgan fingerprint density at radius 1 is 0.645 bits per heavy atom. The van der Waals surface area contributed by atoms with Gasteiger partial charge in [-0.15, -0.1) is 0 Å². The maximum absolute atomic E-state index is 8.91. The van der Waals surface area contributed by atoms with Crippen molar-refractivity contribution in [2.24, 2.45) is 0 Å². The third-order valence-corrected chi connectivity index (χ3v) is 10.9. The molecule has 0 unspecified atom stereocenters. The quantitative estimate of drug-likeness (QED) is 0.288. The first-order valence-corrected chi connectivity index (χ1v) is 14.7. The molecule has 0 bridgehead atoms. The molecule has 0 aromatic heterocycles. The number of ether oxygens (including phenoxy) is 2. The van der Waals surface area contributed by atoms with Gasteiger partial charge in [0.2, 0.25) is 0 Å². The molecule has 2 aliphatic carbocycles. The average Bonchev–Trinajstić information content (AvgIpc) is 3.55. The van der Waals surface area contributed by atoms with Crippen LogP contribution >= 0.6 is 0 Å². The second-order valence-corrected chi connectivity index (χ2v) is 13.9. The summed E-state index contributed by atoms with van der Waals surface area (Å²) in [7, 11) is 2.87. The summed E-state index contributed by atoms with van der Waals surface area (Å²) >= 11 is -0.881. The zero-order valence-corrected chi connectivity index (χ0v) is 25.1. The summed E-state index contributed by atoms with van der Waals surface area (Å²) in [6, 6.07) is 17.6. The Hall–Kier alpha value is -1.69. The third kappa shape index (κ3) is 10.9. The van der Waals surface area contributed by atoms with Crippen molar-refractivity contribution in [2.45, 2.75) is 0 Å². The fourth-order valence-corrected chi connectivity index (χ4v) is 8.35. The monoisotopic (exact) mass is 690 g/mol. The van der Waals surface area contributed by atoms with E-state index in [2.05, 4.69) is 58.0 Å². The molecule has 0 atom stereocenters. The Morgan fingerprint density at radius 3 is 1.19 bits per heavy atom. The van der Waals surface area contributed by atoms with Gasteiger partial charge in [0.15, 0.2) is 0 Å². The van der Waals surface area contributed by atoms with E-state index in [0.29, 0.717) is 0 Å². The van der Waals surface area contributed by atoms with Crippen LogP contribution in [0.15, 0.2) is 120 Å². The molecule has 0 aliphatic heterocycles. The second kappa shape index (κ2) is 16.9. The Balaban J connectivity index is 0.000000425. The van der Waals surface area contributed by atoms with Crippen molar-refractivity contribution >= 4 is 6.14 Å². The summed E-state index contributed by atoms with van der Waals surface area (Å²) in [5.74, 6) is -0.0556. The minimum absolute atomic E-state index is 0. The zero-order valence-electron chi connectivity index (χ0n) is 17.4.